The second kappa shape index (κ2) is 8.03. The summed E-state index contributed by atoms with van der Waals surface area (Å²) in [6, 6.07) is 16.4. The van der Waals surface area contributed by atoms with Gasteiger partial charge in [0.2, 0.25) is 11.0 Å². The maximum absolute atomic E-state index is 4.09. The summed E-state index contributed by atoms with van der Waals surface area (Å²) in [5.41, 5.74) is 4.30. The molecule has 0 bridgehead atoms. The summed E-state index contributed by atoms with van der Waals surface area (Å²) in [5, 5.41) is 27.5. The highest BCUT2D eigenvalue weighted by atomic mass is 35.5. The van der Waals surface area contributed by atoms with E-state index in [4.69, 9.17) is 0 Å². The number of tetrazole rings is 1. The van der Waals surface area contributed by atoms with Crippen molar-refractivity contribution in [1.29, 1.82) is 0 Å². The first-order valence-electron chi connectivity index (χ1n) is 7.76. The molecule has 0 radical (unpaired) electrons. The average Bonchev–Trinajstić information content (AvgIpc) is 3.32. The van der Waals surface area contributed by atoms with Crippen LogP contribution in [0.1, 0.15) is 10.6 Å². The number of benzene rings is 2. The van der Waals surface area contributed by atoms with Gasteiger partial charge in [0, 0.05) is 12.1 Å². The van der Waals surface area contributed by atoms with E-state index < -0.39 is 0 Å². The number of aromatic nitrogens is 6. The maximum atomic E-state index is 4.09. The number of hydrogen-bond acceptors (Lipinski definition) is 7. The fraction of sp³-hybridized carbons (Fsp3) is 0.118. The predicted molar refractivity (Wildman–Crippen MR) is 104 cm³/mol. The van der Waals surface area contributed by atoms with Crippen LogP contribution in [-0.2, 0) is 6.54 Å². The third-order valence-electron chi connectivity index (χ3n) is 3.75. The predicted octanol–water partition coefficient (Wildman–Crippen LogP) is 3.73. The lowest BCUT2D eigenvalue weighted by Gasteiger charge is -2.08. The second-order valence-corrected chi connectivity index (χ2v) is 6.64. The number of aryl methyl sites for hydroxylation is 1. The van der Waals surface area contributed by atoms with Gasteiger partial charge in [0.05, 0.1) is 0 Å². The third kappa shape index (κ3) is 3.87. The Kier molecular flexibility index (Phi) is 5.55. The largest absolute Gasteiger partial charge is 0.356 e. The summed E-state index contributed by atoms with van der Waals surface area (Å²) in [6.07, 6.45) is 0. The molecule has 9 heteroatoms. The smallest absolute Gasteiger partial charge is 0.205 e. The summed E-state index contributed by atoms with van der Waals surface area (Å²) in [7, 11) is 0. The van der Waals surface area contributed by atoms with E-state index in [1.54, 1.807) is 11.3 Å². The first-order chi connectivity index (χ1) is 12.3. The number of H-pyrrole nitrogens is 1. The molecule has 0 aliphatic carbocycles. The Morgan fingerprint density at radius 1 is 0.962 bits per heavy atom. The van der Waals surface area contributed by atoms with Gasteiger partial charge in [0.15, 0.2) is 0 Å². The van der Waals surface area contributed by atoms with Gasteiger partial charge in [-0.15, -0.1) is 32.8 Å². The molecule has 4 rings (SSSR count). The second-order valence-electron chi connectivity index (χ2n) is 5.46. The Bertz CT molecular complexity index is 967. The number of nitrogens with one attached hydrogen (secondary N) is 2. The van der Waals surface area contributed by atoms with Crippen molar-refractivity contribution in [3.63, 3.8) is 0 Å². The molecule has 0 aliphatic rings. The summed E-state index contributed by atoms with van der Waals surface area (Å²) < 4.78 is 0. The summed E-state index contributed by atoms with van der Waals surface area (Å²) >= 11 is 1.55. The van der Waals surface area contributed by atoms with Crippen molar-refractivity contribution in [2.75, 3.05) is 5.32 Å². The van der Waals surface area contributed by atoms with Gasteiger partial charge < -0.3 is 5.32 Å². The monoisotopic (exact) mass is 385 g/mol. The Morgan fingerprint density at radius 2 is 1.73 bits per heavy atom. The van der Waals surface area contributed by atoms with Crippen molar-refractivity contribution in [3.8, 4) is 22.5 Å². The summed E-state index contributed by atoms with van der Waals surface area (Å²) in [4.78, 5) is 0. The van der Waals surface area contributed by atoms with Crippen LogP contribution in [0.2, 0.25) is 0 Å². The van der Waals surface area contributed by atoms with Crippen molar-refractivity contribution >= 4 is 28.9 Å². The summed E-state index contributed by atoms with van der Waals surface area (Å²) in [6.45, 7) is 2.65. The highest BCUT2D eigenvalue weighted by Crippen LogP contribution is 2.29. The van der Waals surface area contributed by atoms with E-state index in [0.717, 1.165) is 26.8 Å². The highest BCUT2D eigenvalue weighted by Gasteiger charge is 2.10. The fourth-order valence-corrected chi connectivity index (χ4v) is 3.14. The van der Waals surface area contributed by atoms with Crippen LogP contribution in [0.5, 0.6) is 0 Å². The van der Waals surface area contributed by atoms with Gasteiger partial charge in [-0.25, -0.2) is 0 Å². The Balaban J connectivity index is 0.00000196. The molecule has 132 valence electrons. The van der Waals surface area contributed by atoms with Gasteiger partial charge in [-0.1, -0.05) is 59.9 Å². The van der Waals surface area contributed by atoms with E-state index in [1.807, 2.05) is 25.1 Å². The molecule has 0 fully saturated rings. The van der Waals surface area contributed by atoms with Crippen LogP contribution >= 0.6 is 23.7 Å². The molecule has 2 N–H and O–H groups in total. The van der Waals surface area contributed by atoms with Gasteiger partial charge in [0.1, 0.15) is 5.01 Å². The maximum Gasteiger partial charge on any atom is 0.205 e. The molecule has 4 aromatic rings. The molecular weight excluding hydrogens is 370 g/mol. The topological polar surface area (TPSA) is 92.3 Å². The van der Waals surface area contributed by atoms with Gasteiger partial charge in [-0.05, 0) is 28.8 Å². The zero-order valence-corrected chi connectivity index (χ0v) is 15.5. The molecule has 2 aromatic heterocycles. The van der Waals surface area contributed by atoms with E-state index in [1.165, 1.54) is 5.56 Å². The van der Waals surface area contributed by atoms with Crippen molar-refractivity contribution in [2.24, 2.45) is 0 Å². The number of rotatable bonds is 5. The minimum Gasteiger partial charge on any atom is -0.356 e. The van der Waals surface area contributed by atoms with E-state index >= 15 is 0 Å². The van der Waals surface area contributed by atoms with Crippen molar-refractivity contribution in [3.05, 3.63) is 59.1 Å². The van der Waals surface area contributed by atoms with Crippen molar-refractivity contribution in [1.82, 2.24) is 30.8 Å². The molecule has 0 saturated carbocycles. The number of hydrogen-bond donors (Lipinski definition) is 2. The minimum absolute atomic E-state index is 0. The van der Waals surface area contributed by atoms with E-state index in [9.17, 15) is 0 Å². The van der Waals surface area contributed by atoms with Gasteiger partial charge in [0.25, 0.3) is 0 Å². The Hall–Kier alpha value is -2.84. The molecule has 0 unspecified atom stereocenters. The minimum atomic E-state index is 0. The zero-order valence-electron chi connectivity index (χ0n) is 13.9. The standard InChI is InChI=1S/C17H15N7S.ClH/c1-11-19-22-17(25-11)18-10-12-6-8-13(9-7-12)14-4-2-3-5-15(14)16-20-23-24-21-16;/h2-9H,10H2,1H3,(H,18,22)(H,20,21,23,24);1H. The summed E-state index contributed by atoms with van der Waals surface area (Å²) in [5.74, 6) is 0.591. The van der Waals surface area contributed by atoms with Gasteiger partial charge in [-0.3, -0.25) is 0 Å². The Morgan fingerprint density at radius 3 is 2.38 bits per heavy atom. The molecule has 0 aliphatic heterocycles. The first kappa shape index (κ1) is 18.0. The molecule has 2 heterocycles. The normalized spacial score (nSPS) is 10.3. The third-order valence-corrected chi connectivity index (χ3v) is 4.54. The van der Waals surface area contributed by atoms with Crippen LogP contribution in [0.25, 0.3) is 22.5 Å². The SMILES string of the molecule is Cc1nnc(NCc2ccc(-c3ccccc3-c3nn[nH]n3)cc2)s1.Cl. The molecule has 26 heavy (non-hydrogen) atoms. The lowest BCUT2D eigenvalue weighted by molar-refractivity contribution is 0.881. The highest BCUT2D eigenvalue weighted by molar-refractivity contribution is 7.15. The van der Waals surface area contributed by atoms with Gasteiger partial charge in [-0.2, -0.15) is 5.21 Å². The number of halogens is 1. The molecule has 2 aromatic carbocycles. The van der Waals surface area contributed by atoms with Gasteiger partial charge >= 0.3 is 0 Å². The number of anilines is 1. The van der Waals surface area contributed by atoms with Crippen LogP contribution in [0.15, 0.2) is 48.5 Å². The van der Waals surface area contributed by atoms with Crippen molar-refractivity contribution < 1.29 is 0 Å². The molecule has 0 atom stereocenters. The molecule has 0 saturated heterocycles. The van der Waals surface area contributed by atoms with E-state index in [-0.39, 0.29) is 12.4 Å². The fourth-order valence-electron chi connectivity index (χ4n) is 2.55. The quantitative estimate of drug-likeness (QED) is 0.543. The van der Waals surface area contributed by atoms with Crippen LogP contribution in [0, 0.1) is 6.92 Å². The van der Waals surface area contributed by atoms with Crippen molar-refractivity contribution in [2.45, 2.75) is 13.5 Å². The van der Waals surface area contributed by atoms with Crippen LogP contribution in [-0.4, -0.2) is 30.8 Å². The number of nitrogens with zero attached hydrogens (tertiary/aromatic N) is 5. The van der Waals surface area contributed by atoms with Crippen LogP contribution in [0.3, 0.4) is 0 Å². The molecule has 7 nitrogen and oxygen atoms in total. The van der Waals surface area contributed by atoms with Crippen LogP contribution < -0.4 is 5.32 Å². The first-order valence-corrected chi connectivity index (χ1v) is 8.57. The van der Waals surface area contributed by atoms with E-state index in [0.29, 0.717) is 12.4 Å². The number of aromatic amines is 1. The molecular formula is C17H16ClN7S. The average molecular weight is 386 g/mol. The lowest BCUT2D eigenvalue weighted by Crippen LogP contribution is -1.98. The molecule has 0 amide bonds. The zero-order chi connectivity index (χ0) is 17.1. The van der Waals surface area contributed by atoms with E-state index in [2.05, 4.69) is 66.5 Å². The van der Waals surface area contributed by atoms with Crippen LogP contribution in [0.4, 0.5) is 5.13 Å². The Labute approximate surface area is 160 Å². The lowest BCUT2D eigenvalue weighted by atomic mass is 9.98. The molecule has 0 spiro atoms.